The predicted octanol–water partition coefficient (Wildman–Crippen LogP) is 0.758. The molecule has 0 atom stereocenters. The second-order valence-electron chi connectivity index (χ2n) is 1.83. The number of anilines is 1. The van der Waals surface area contributed by atoms with Crippen LogP contribution in [0.1, 0.15) is 5.82 Å². The van der Waals surface area contributed by atoms with Crippen LogP contribution in [0, 0.1) is 6.92 Å². The van der Waals surface area contributed by atoms with E-state index < -0.39 is 0 Å². The molecule has 0 aromatic carbocycles. The van der Waals surface area contributed by atoms with Crippen LogP contribution in [0.5, 0.6) is 0 Å². The summed E-state index contributed by atoms with van der Waals surface area (Å²) in [5.41, 5.74) is 3.37. The highest BCUT2D eigenvalue weighted by Crippen LogP contribution is 2.00. The zero-order chi connectivity index (χ0) is 7.40. The average Bonchev–Trinajstić information content (AvgIpc) is 1.95. The quantitative estimate of drug-likeness (QED) is 0.614. The fourth-order valence-electron chi connectivity index (χ4n) is 0.563. The van der Waals surface area contributed by atoms with Crippen molar-refractivity contribution >= 4 is 5.69 Å². The predicted molar refractivity (Wildman–Crippen MR) is 37.4 cm³/mol. The minimum Gasteiger partial charge on any atom is -0.279 e. The highest BCUT2D eigenvalue weighted by molar-refractivity contribution is 5.34. The molecule has 4 heteroatoms. The Morgan fingerprint density at radius 2 is 2.00 bits per heavy atom. The van der Waals surface area contributed by atoms with E-state index in [0.29, 0.717) is 0 Å². The van der Waals surface area contributed by atoms with Gasteiger partial charge in [-0.15, -0.1) is 0 Å². The third-order valence-corrected chi connectivity index (χ3v) is 1.00. The largest absolute Gasteiger partial charge is 0.279 e. The zero-order valence-corrected chi connectivity index (χ0v) is 5.96. The van der Waals surface area contributed by atoms with E-state index in [0.717, 1.165) is 11.5 Å². The molecule has 0 aliphatic carbocycles. The Morgan fingerprint density at radius 1 is 1.40 bits per heavy atom. The van der Waals surface area contributed by atoms with Gasteiger partial charge in [0.25, 0.3) is 0 Å². The second-order valence-corrected chi connectivity index (χ2v) is 1.83. The number of nitrogens with one attached hydrogen (secondary N) is 1. The van der Waals surface area contributed by atoms with Crippen LogP contribution < -0.4 is 5.48 Å². The normalized spacial score (nSPS) is 9.40. The van der Waals surface area contributed by atoms with Crippen LogP contribution >= 0.6 is 0 Å². The fourth-order valence-corrected chi connectivity index (χ4v) is 0.563. The zero-order valence-electron chi connectivity index (χ0n) is 5.96. The van der Waals surface area contributed by atoms with Crippen molar-refractivity contribution in [3.63, 3.8) is 0 Å². The molecule has 0 bridgehead atoms. The van der Waals surface area contributed by atoms with Crippen LogP contribution in [-0.4, -0.2) is 17.1 Å². The van der Waals surface area contributed by atoms with E-state index in [-0.39, 0.29) is 0 Å². The van der Waals surface area contributed by atoms with Gasteiger partial charge in [-0.25, -0.2) is 9.97 Å². The molecule has 54 valence electrons. The van der Waals surface area contributed by atoms with E-state index in [1.165, 1.54) is 0 Å². The van der Waals surface area contributed by atoms with Crippen molar-refractivity contribution in [2.24, 2.45) is 0 Å². The Kier molecular flexibility index (Phi) is 2.17. The van der Waals surface area contributed by atoms with Gasteiger partial charge in [-0.2, -0.15) is 0 Å². The first-order valence-electron chi connectivity index (χ1n) is 2.90. The van der Waals surface area contributed by atoms with Gasteiger partial charge in [0.15, 0.2) is 0 Å². The van der Waals surface area contributed by atoms with E-state index >= 15 is 0 Å². The molecule has 10 heavy (non-hydrogen) atoms. The lowest BCUT2D eigenvalue weighted by molar-refractivity contribution is 0.270. The molecule has 0 amide bonds. The summed E-state index contributed by atoms with van der Waals surface area (Å²) in [6, 6.07) is 0. The molecular formula is C6H9N3O. The highest BCUT2D eigenvalue weighted by Gasteiger charge is 1.89. The Bertz CT molecular complexity index is 197. The van der Waals surface area contributed by atoms with Crippen molar-refractivity contribution in [1.82, 2.24) is 9.97 Å². The summed E-state index contributed by atoms with van der Waals surface area (Å²) in [5.74, 6) is 0.752. The summed E-state index contributed by atoms with van der Waals surface area (Å²) < 4.78 is 0. The van der Waals surface area contributed by atoms with Gasteiger partial charge in [0.2, 0.25) is 0 Å². The summed E-state index contributed by atoms with van der Waals surface area (Å²) >= 11 is 0. The topological polar surface area (TPSA) is 47.0 Å². The van der Waals surface area contributed by atoms with Crippen molar-refractivity contribution < 1.29 is 4.84 Å². The smallest absolute Gasteiger partial charge is 0.125 e. The Balaban J connectivity index is 2.69. The molecule has 0 aliphatic rings. The third kappa shape index (κ3) is 1.66. The summed E-state index contributed by atoms with van der Waals surface area (Å²) in [6.07, 6.45) is 3.32. The van der Waals surface area contributed by atoms with Gasteiger partial charge in [-0.05, 0) is 6.92 Å². The summed E-state index contributed by atoms with van der Waals surface area (Å²) in [5, 5.41) is 0. The highest BCUT2D eigenvalue weighted by atomic mass is 16.6. The monoisotopic (exact) mass is 139 g/mol. The Hall–Kier alpha value is -1.16. The molecule has 1 aromatic rings. The number of hydrogen-bond donors (Lipinski definition) is 1. The molecule has 0 fully saturated rings. The number of aryl methyl sites for hydroxylation is 1. The average molecular weight is 139 g/mol. The summed E-state index contributed by atoms with van der Waals surface area (Å²) in [6.45, 7) is 1.83. The third-order valence-electron chi connectivity index (χ3n) is 1.00. The van der Waals surface area contributed by atoms with Crippen LogP contribution in [0.15, 0.2) is 12.4 Å². The number of aromatic nitrogens is 2. The standard InChI is InChI=1S/C6H9N3O/c1-5-7-3-6(4-8-5)9-10-2/h3-4,9H,1-2H3. The van der Waals surface area contributed by atoms with Gasteiger partial charge in [-0.1, -0.05) is 0 Å². The first kappa shape index (κ1) is 6.95. The van der Waals surface area contributed by atoms with Crippen molar-refractivity contribution in [2.45, 2.75) is 6.92 Å². The molecule has 1 heterocycles. The van der Waals surface area contributed by atoms with E-state index in [1.807, 2.05) is 6.92 Å². The molecule has 0 radical (unpaired) electrons. The maximum absolute atomic E-state index is 4.64. The van der Waals surface area contributed by atoms with Crippen molar-refractivity contribution in [1.29, 1.82) is 0 Å². The van der Waals surface area contributed by atoms with Gasteiger partial charge in [0.05, 0.1) is 25.2 Å². The molecule has 0 saturated carbocycles. The SMILES string of the molecule is CONc1cnc(C)nc1. The molecule has 1 aromatic heterocycles. The molecular weight excluding hydrogens is 130 g/mol. The van der Waals surface area contributed by atoms with Crippen molar-refractivity contribution in [3.05, 3.63) is 18.2 Å². The van der Waals surface area contributed by atoms with Crippen molar-refractivity contribution in [2.75, 3.05) is 12.6 Å². The fraction of sp³-hybridized carbons (Fsp3) is 0.333. The van der Waals surface area contributed by atoms with Gasteiger partial charge in [-0.3, -0.25) is 10.3 Å². The molecule has 1 N–H and O–H groups in total. The molecule has 0 aliphatic heterocycles. The first-order valence-corrected chi connectivity index (χ1v) is 2.90. The van der Waals surface area contributed by atoms with Crippen LogP contribution in [0.2, 0.25) is 0 Å². The van der Waals surface area contributed by atoms with Gasteiger partial charge in [0, 0.05) is 0 Å². The summed E-state index contributed by atoms with van der Waals surface area (Å²) in [4.78, 5) is 12.5. The Labute approximate surface area is 59.2 Å². The first-order chi connectivity index (χ1) is 4.83. The lowest BCUT2D eigenvalue weighted by Gasteiger charge is -1.99. The van der Waals surface area contributed by atoms with Crippen LogP contribution in [0.3, 0.4) is 0 Å². The second kappa shape index (κ2) is 3.12. The molecule has 4 nitrogen and oxygen atoms in total. The van der Waals surface area contributed by atoms with Crippen LogP contribution in [-0.2, 0) is 4.84 Å². The maximum Gasteiger partial charge on any atom is 0.125 e. The van der Waals surface area contributed by atoms with E-state index in [4.69, 9.17) is 0 Å². The molecule has 0 spiro atoms. The van der Waals surface area contributed by atoms with E-state index in [1.54, 1.807) is 19.5 Å². The molecule has 0 saturated heterocycles. The molecule has 1 rings (SSSR count). The number of rotatable bonds is 2. The van der Waals surface area contributed by atoms with E-state index in [9.17, 15) is 0 Å². The minimum atomic E-state index is 0.752. The maximum atomic E-state index is 4.64. The van der Waals surface area contributed by atoms with Gasteiger partial charge >= 0.3 is 0 Å². The van der Waals surface area contributed by atoms with Gasteiger partial charge < -0.3 is 0 Å². The van der Waals surface area contributed by atoms with Crippen LogP contribution in [0.25, 0.3) is 0 Å². The van der Waals surface area contributed by atoms with Crippen LogP contribution in [0.4, 0.5) is 5.69 Å². The Morgan fingerprint density at radius 3 is 2.50 bits per heavy atom. The molecule has 0 unspecified atom stereocenters. The number of hydrogen-bond acceptors (Lipinski definition) is 4. The summed E-state index contributed by atoms with van der Waals surface area (Å²) in [7, 11) is 1.54. The van der Waals surface area contributed by atoms with Crippen molar-refractivity contribution in [3.8, 4) is 0 Å². The lowest BCUT2D eigenvalue weighted by atomic mass is 10.5. The van der Waals surface area contributed by atoms with E-state index in [2.05, 4.69) is 20.3 Å². The lowest BCUT2D eigenvalue weighted by Crippen LogP contribution is -1.97. The van der Waals surface area contributed by atoms with Gasteiger partial charge in [0.1, 0.15) is 5.82 Å². The minimum absolute atomic E-state index is 0.752. The number of nitrogens with zero attached hydrogens (tertiary/aromatic N) is 2.